The number of benzene rings is 1. The van der Waals surface area contributed by atoms with Crippen LogP contribution in [0.4, 0.5) is 5.95 Å². The fourth-order valence-corrected chi connectivity index (χ4v) is 4.97. The zero-order chi connectivity index (χ0) is 21.0. The molecule has 1 saturated carbocycles. The predicted molar refractivity (Wildman–Crippen MR) is 123 cm³/mol. The summed E-state index contributed by atoms with van der Waals surface area (Å²) < 4.78 is 0. The van der Waals surface area contributed by atoms with Crippen LogP contribution in [0.15, 0.2) is 54.7 Å². The Kier molecular flexibility index (Phi) is 5.86. The molecule has 6 nitrogen and oxygen atoms in total. The molecule has 1 aliphatic rings. The molecule has 0 atom stereocenters. The van der Waals surface area contributed by atoms with E-state index in [-0.39, 0.29) is 6.10 Å². The summed E-state index contributed by atoms with van der Waals surface area (Å²) in [7, 11) is 0. The van der Waals surface area contributed by atoms with Crippen LogP contribution in [0.3, 0.4) is 0 Å². The standard InChI is InChI=1S/C24H25N5OS/c30-20-10-8-17(9-11-20)26-24-27-18(13-16-5-2-1-3-6-16)14-19(28-24)15-22-29-21-7-4-12-25-23(21)31-22/h1-7,12,14,17,20,30H,8-11,13,15H2,(H,26,27,28). The smallest absolute Gasteiger partial charge is 0.223 e. The van der Waals surface area contributed by atoms with Crippen molar-refractivity contribution in [3.8, 4) is 0 Å². The Morgan fingerprint density at radius 3 is 2.45 bits per heavy atom. The van der Waals surface area contributed by atoms with Crippen molar-refractivity contribution in [1.29, 1.82) is 0 Å². The number of nitrogens with one attached hydrogen (secondary N) is 1. The number of hydrogen-bond acceptors (Lipinski definition) is 7. The Hall–Kier alpha value is -2.90. The summed E-state index contributed by atoms with van der Waals surface area (Å²) in [5.41, 5.74) is 4.11. The van der Waals surface area contributed by atoms with Gasteiger partial charge in [0.15, 0.2) is 0 Å². The Morgan fingerprint density at radius 1 is 0.903 bits per heavy atom. The number of hydrogen-bond donors (Lipinski definition) is 2. The highest BCUT2D eigenvalue weighted by molar-refractivity contribution is 7.18. The van der Waals surface area contributed by atoms with Gasteiger partial charge < -0.3 is 10.4 Å². The second-order valence-electron chi connectivity index (χ2n) is 8.10. The molecule has 1 aromatic carbocycles. The van der Waals surface area contributed by atoms with Crippen LogP contribution in [0, 0.1) is 0 Å². The van der Waals surface area contributed by atoms with E-state index in [4.69, 9.17) is 15.0 Å². The van der Waals surface area contributed by atoms with Crippen molar-refractivity contribution in [2.24, 2.45) is 0 Å². The van der Waals surface area contributed by atoms with Crippen molar-refractivity contribution in [3.05, 3.63) is 76.7 Å². The Balaban J connectivity index is 1.41. The van der Waals surface area contributed by atoms with E-state index in [1.54, 1.807) is 17.5 Å². The summed E-state index contributed by atoms with van der Waals surface area (Å²) in [6, 6.07) is 16.7. The van der Waals surface area contributed by atoms with Gasteiger partial charge in [-0.05, 0) is 49.4 Å². The molecule has 3 heterocycles. The van der Waals surface area contributed by atoms with Crippen molar-refractivity contribution in [2.75, 3.05) is 5.32 Å². The van der Waals surface area contributed by atoms with Gasteiger partial charge in [0.25, 0.3) is 0 Å². The number of aliphatic hydroxyl groups is 1. The lowest BCUT2D eigenvalue weighted by molar-refractivity contribution is 0.126. The molecule has 0 amide bonds. The van der Waals surface area contributed by atoms with Gasteiger partial charge in [-0.2, -0.15) is 0 Å². The van der Waals surface area contributed by atoms with Crippen LogP contribution < -0.4 is 5.32 Å². The molecule has 1 aliphatic carbocycles. The largest absolute Gasteiger partial charge is 0.393 e. The van der Waals surface area contributed by atoms with E-state index in [9.17, 15) is 5.11 Å². The minimum absolute atomic E-state index is 0.174. The first kappa shape index (κ1) is 20.0. The molecule has 4 aromatic rings. The molecule has 2 N–H and O–H groups in total. The molecule has 5 rings (SSSR count). The minimum Gasteiger partial charge on any atom is -0.393 e. The van der Waals surface area contributed by atoms with Gasteiger partial charge in [-0.15, -0.1) is 0 Å². The van der Waals surface area contributed by atoms with Crippen molar-refractivity contribution < 1.29 is 5.11 Å². The van der Waals surface area contributed by atoms with Crippen LogP contribution in [-0.2, 0) is 12.8 Å². The zero-order valence-electron chi connectivity index (χ0n) is 17.2. The third kappa shape index (κ3) is 5.06. The molecule has 158 valence electrons. The summed E-state index contributed by atoms with van der Waals surface area (Å²) in [5.74, 6) is 0.670. The highest BCUT2D eigenvalue weighted by Gasteiger charge is 2.20. The molecule has 0 bridgehead atoms. The Morgan fingerprint density at radius 2 is 1.68 bits per heavy atom. The molecule has 1 fully saturated rings. The summed E-state index contributed by atoms with van der Waals surface area (Å²) in [4.78, 5) is 19.7. The number of rotatable bonds is 6. The van der Waals surface area contributed by atoms with E-state index in [1.807, 2.05) is 18.2 Å². The van der Waals surface area contributed by atoms with Gasteiger partial charge in [0.2, 0.25) is 5.95 Å². The molecule has 0 unspecified atom stereocenters. The number of anilines is 1. The molecule has 0 spiro atoms. The lowest BCUT2D eigenvalue weighted by Crippen LogP contribution is -2.29. The second kappa shape index (κ2) is 9.08. The quantitative estimate of drug-likeness (QED) is 0.471. The van der Waals surface area contributed by atoms with Gasteiger partial charge >= 0.3 is 0 Å². The third-order valence-corrected chi connectivity index (χ3v) is 6.61. The molecule has 0 radical (unpaired) electrons. The first-order valence-electron chi connectivity index (χ1n) is 10.8. The number of pyridine rings is 1. The Labute approximate surface area is 185 Å². The van der Waals surface area contributed by atoms with Crippen LogP contribution in [0.1, 0.15) is 47.6 Å². The summed E-state index contributed by atoms with van der Waals surface area (Å²) in [6.45, 7) is 0. The van der Waals surface area contributed by atoms with Crippen LogP contribution in [0.2, 0.25) is 0 Å². The number of aliphatic hydroxyl groups excluding tert-OH is 1. The van der Waals surface area contributed by atoms with Crippen LogP contribution in [0.25, 0.3) is 10.3 Å². The van der Waals surface area contributed by atoms with Gasteiger partial charge in [-0.3, -0.25) is 0 Å². The topological polar surface area (TPSA) is 83.8 Å². The zero-order valence-corrected chi connectivity index (χ0v) is 18.1. The molecule has 0 aliphatic heterocycles. The molecule has 7 heteroatoms. The molecular weight excluding hydrogens is 406 g/mol. The summed E-state index contributed by atoms with van der Waals surface area (Å²) >= 11 is 1.61. The maximum atomic E-state index is 9.80. The maximum Gasteiger partial charge on any atom is 0.223 e. The average molecular weight is 432 g/mol. The van der Waals surface area contributed by atoms with Gasteiger partial charge in [-0.25, -0.2) is 19.9 Å². The van der Waals surface area contributed by atoms with Crippen LogP contribution in [0.5, 0.6) is 0 Å². The maximum absolute atomic E-state index is 9.80. The monoisotopic (exact) mass is 431 g/mol. The highest BCUT2D eigenvalue weighted by Crippen LogP contribution is 2.24. The van der Waals surface area contributed by atoms with E-state index in [1.165, 1.54) is 5.56 Å². The highest BCUT2D eigenvalue weighted by atomic mass is 32.1. The SMILES string of the molecule is OC1CCC(Nc2nc(Cc3ccccc3)cc(Cc3nc4cccnc4s3)n2)CC1. The summed E-state index contributed by atoms with van der Waals surface area (Å²) in [6.07, 6.45) is 6.57. The van der Waals surface area contributed by atoms with Gasteiger partial charge in [0.05, 0.1) is 17.5 Å². The fourth-order valence-electron chi connectivity index (χ4n) is 4.05. The first-order chi connectivity index (χ1) is 15.2. The van der Waals surface area contributed by atoms with Gasteiger partial charge in [0.1, 0.15) is 15.4 Å². The molecule has 0 saturated heterocycles. The lowest BCUT2D eigenvalue weighted by atomic mass is 9.93. The number of fused-ring (bicyclic) bond motifs is 1. The second-order valence-corrected chi connectivity index (χ2v) is 9.16. The van der Waals surface area contributed by atoms with E-state index in [2.05, 4.69) is 40.6 Å². The van der Waals surface area contributed by atoms with E-state index in [0.717, 1.165) is 58.8 Å². The van der Waals surface area contributed by atoms with Crippen molar-refractivity contribution in [3.63, 3.8) is 0 Å². The van der Waals surface area contributed by atoms with Crippen molar-refractivity contribution in [1.82, 2.24) is 19.9 Å². The predicted octanol–water partition coefficient (Wildman–Crippen LogP) is 4.38. The average Bonchev–Trinajstić information content (AvgIpc) is 3.18. The fraction of sp³-hybridized carbons (Fsp3) is 0.333. The molecule has 31 heavy (non-hydrogen) atoms. The number of thiazole rings is 1. The van der Waals surface area contributed by atoms with Gasteiger partial charge in [0, 0.05) is 25.1 Å². The van der Waals surface area contributed by atoms with Crippen molar-refractivity contribution >= 4 is 27.6 Å². The van der Waals surface area contributed by atoms with Crippen molar-refractivity contribution in [2.45, 2.75) is 50.7 Å². The molecular formula is C24H25N5OS. The summed E-state index contributed by atoms with van der Waals surface area (Å²) in [5, 5.41) is 14.3. The Bertz CT molecular complexity index is 1120. The third-order valence-electron chi connectivity index (χ3n) is 5.63. The number of nitrogens with zero attached hydrogens (tertiary/aromatic N) is 4. The number of aromatic nitrogens is 4. The first-order valence-corrected chi connectivity index (χ1v) is 11.6. The van der Waals surface area contributed by atoms with E-state index >= 15 is 0 Å². The molecule has 3 aromatic heterocycles. The lowest BCUT2D eigenvalue weighted by Gasteiger charge is -2.26. The van der Waals surface area contributed by atoms with Gasteiger partial charge in [-0.1, -0.05) is 41.7 Å². The van der Waals surface area contributed by atoms with E-state index in [0.29, 0.717) is 18.4 Å². The van der Waals surface area contributed by atoms with Crippen LogP contribution in [-0.4, -0.2) is 37.2 Å². The van der Waals surface area contributed by atoms with Crippen LogP contribution >= 0.6 is 11.3 Å². The van der Waals surface area contributed by atoms with E-state index < -0.39 is 0 Å². The minimum atomic E-state index is -0.174. The normalized spacial score (nSPS) is 18.9.